The second-order valence-corrected chi connectivity index (χ2v) is 4.59. The number of alkyl halides is 1. The van der Waals surface area contributed by atoms with Gasteiger partial charge >= 0.3 is 0 Å². The maximum absolute atomic E-state index is 13.8. The molecule has 3 nitrogen and oxygen atoms in total. The molecule has 1 saturated heterocycles. The van der Waals surface area contributed by atoms with E-state index in [1.807, 2.05) is 19.1 Å². The molecule has 0 amide bonds. The van der Waals surface area contributed by atoms with Gasteiger partial charge in [-0.3, -0.25) is 4.90 Å². The predicted molar refractivity (Wildman–Crippen MR) is 68.4 cm³/mol. The average Bonchev–Trinajstić information content (AvgIpc) is 2.25. The molecule has 0 aliphatic carbocycles. The lowest BCUT2D eigenvalue weighted by Gasteiger charge is -2.37. The number of nitrogens with two attached hydrogens (primary N) is 1. The van der Waals surface area contributed by atoms with Gasteiger partial charge in [-0.05, 0) is 20.3 Å². The van der Waals surface area contributed by atoms with Crippen molar-refractivity contribution in [3.05, 3.63) is 24.8 Å². The highest BCUT2D eigenvalue weighted by atomic mass is 19.1. The molecule has 4 unspecified atom stereocenters. The van der Waals surface area contributed by atoms with Crippen molar-refractivity contribution in [2.75, 3.05) is 13.1 Å². The Kier molecular flexibility index (Phi) is 5.82. The largest absolute Gasteiger partial charge is 0.370 e. The minimum Gasteiger partial charge on any atom is -0.370 e. The fourth-order valence-electron chi connectivity index (χ4n) is 2.02. The molecule has 0 radical (unpaired) electrons. The van der Waals surface area contributed by atoms with E-state index in [1.54, 1.807) is 17.9 Å². The van der Waals surface area contributed by atoms with E-state index < -0.39 is 6.30 Å². The Morgan fingerprint density at radius 2 is 2.29 bits per heavy atom. The summed E-state index contributed by atoms with van der Waals surface area (Å²) in [4.78, 5) is 1.77. The van der Waals surface area contributed by atoms with Crippen LogP contribution in [0.2, 0.25) is 0 Å². The second kappa shape index (κ2) is 6.89. The van der Waals surface area contributed by atoms with Gasteiger partial charge in [0.15, 0.2) is 6.30 Å². The maximum Gasteiger partial charge on any atom is 0.180 e. The summed E-state index contributed by atoms with van der Waals surface area (Å²) < 4.78 is 19.2. The molecule has 0 saturated carbocycles. The Labute approximate surface area is 103 Å². The van der Waals surface area contributed by atoms with Crippen LogP contribution >= 0.6 is 0 Å². The zero-order chi connectivity index (χ0) is 12.8. The fraction of sp³-hybridized carbons (Fsp3) is 0.692. The lowest BCUT2D eigenvalue weighted by molar-refractivity contribution is -0.142. The average molecular weight is 242 g/mol. The van der Waals surface area contributed by atoms with Crippen LogP contribution in [0.1, 0.15) is 20.3 Å². The van der Waals surface area contributed by atoms with Gasteiger partial charge in [-0.15, -0.1) is 6.58 Å². The third-order valence-electron chi connectivity index (χ3n) is 2.84. The van der Waals surface area contributed by atoms with Crippen molar-refractivity contribution in [1.29, 1.82) is 0 Å². The standard InChI is InChI=1S/C13H23FN2O/c1-4-6-12(15)7-5-8-16-9-10(2)17-11(3)13(16)14/h4-5,7,10-13H,1,6,8-9,15H2,2-3H3/b7-5-. The molecule has 0 aromatic rings. The van der Waals surface area contributed by atoms with Gasteiger partial charge in [-0.1, -0.05) is 18.2 Å². The molecule has 98 valence electrons. The van der Waals surface area contributed by atoms with E-state index in [4.69, 9.17) is 10.5 Å². The first-order valence-corrected chi connectivity index (χ1v) is 6.11. The van der Waals surface area contributed by atoms with Crippen LogP contribution in [0.4, 0.5) is 4.39 Å². The van der Waals surface area contributed by atoms with E-state index in [0.29, 0.717) is 13.1 Å². The van der Waals surface area contributed by atoms with Gasteiger partial charge in [0.1, 0.15) is 0 Å². The van der Waals surface area contributed by atoms with Crippen molar-refractivity contribution in [1.82, 2.24) is 4.90 Å². The molecular formula is C13H23FN2O. The summed E-state index contributed by atoms with van der Waals surface area (Å²) in [5.41, 5.74) is 5.79. The Bertz CT molecular complexity index is 270. The topological polar surface area (TPSA) is 38.5 Å². The first kappa shape index (κ1) is 14.4. The van der Waals surface area contributed by atoms with E-state index in [0.717, 1.165) is 6.42 Å². The third-order valence-corrected chi connectivity index (χ3v) is 2.84. The van der Waals surface area contributed by atoms with Crippen LogP contribution in [0, 0.1) is 0 Å². The maximum atomic E-state index is 13.8. The second-order valence-electron chi connectivity index (χ2n) is 4.59. The van der Waals surface area contributed by atoms with Crippen molar-refractivity contribution >= 4 is 0 Å². The Hall–Kier alpha value is -0.710. The Morgan fingerprint density at radius 3 is 2.94 bits per heavy atom. The quantitative estimate of drug-likeness (QED) is 0.590. The molecule has 0 bridgehead atoms. The molecule has 17 heavy (non-hydrogen) atoms. The number of hydrogen-bond donors (Lipinski definition) is 1. The molecule has 1 aliphatic heterocycles. The number of morpholine rings is 1. The van der Waals surface area contributed by atoms with E-state index in [2.05, 4.69) is 6.58 Å². The number of halogens is 1. The summed E-state index contributed by atoms with van der Waals surface area (Å²) in [5.74, 6) is 0. The first-order valence-electron chi connectivity index (χ1n) is 6.11. The van der Waals surface area contributed by atoms with Gasteiger partial charge in [-0.25, -0.2) is 4.39 Å². The monoisotopic (exact) mass is 242 g/mol. The van der Waals surface area contributed by atoms with E-state index in [1.165, 1.54) is 0 Å². The molecule has 4 atom stereocenters. The van der Waals surface area contributed by atoms with Crippen LogP contribution in [0.5, 0.6) is 0 Å². The highest BCUT2D eigenvalue weighted by molar-refractivity contribution is 4.97. The number of hydrogen-bond acceptors (Lipinski definition) is 3. The minimum absolute atomic E-state index is 0.0264. The molecule has 1 fully saturated rings. The fourth-order valence-corrected chi connectivity index (χ4v) is 2.02. The van der Waals surface area contributed by atoms with Gasteiger partial charge in [-0.2, -0.15) is 0 Å². The molecular weight excluding hydrogens is 219 g/mol. The molecule has 1 aliphatic rings. The molecule has 0 spiro atoms. The van der Waals surface area contributed by atoms with Crippen LogP contribution in [-0.2, 0) is 4.74 Å². The SMILES string of the molecule is C=CCC(N)/C=C\CN1CC(C)OC(C)C1F. The van der Waals surface area contributed by atoms with Gasteiger partial charge < -0.3 is 10.5 Å². The lowest BCUT2D eigenvalue weighted by atomic mass is 10.2. The zero-order valence-electron chi connectivity index (χ0n) is 10.7. The van der Waals surface area contributed by atoms with Crippen LogP contribution in [0.3, 0.4) is 0 Å². The van der Waals surface area contributed by atoms with Crippen molar-refractivity contribution in [3.8, 4) is 0 Å². The predicted octanol–water partition coefficient (Wildman–Crippen LogP) is 1.85. The van der Waals surface area contributed by atoms with Crippen molar-refractivity contribution in [3.63, 3.8) is 0 Å². The Morgan fingerprint density at radius 1 is 1.59 bits per heavy atom. The molecule has 0 aromatic heterocycles. The molecule has 2 N–H and O–H groups in total. The summed E-state index contributed by atoms with van der Waals surface area (Å²) in [5, 5.41) is 0. The molecule has 4 heteroatoms. The van der Waals surface area contributed by atoms with Crippen LogP contribution in [0.25, 0.3) is 0 Å². The lowest BCUT2D eigenvalue weighted by Crippen LogP contribution is -2.51. The van der Waals surface area contributed by atoms with Gasteiger partial charge in [0.25, 0.3) is 0 Å². The van der Waals surface area contributed by atoms with Crippen molar-refractivity contribution in [2.45, 2.75) is 44.8 Å². The highest BCUT2D eigenvalue weighted by Crippen LogP contribution is 2.18. The molecule has 1 rings (SSSR count). The van der Waals surface area contributed by atoms with E-state index in [9.17, 15) is 4.39 Å². The highest BCUT2D eigenvalue weighted by Gasteiger charge is 2.31. The van der Waals surface area contributed by atoms with Crippen LogP contribution < -0.4 is 5.73 Å². The van der Waals surface area contributed by atoms with Crippen molar-refractivity contribution < 1.29 is 9.13 Å². The van der Waals surface area contributed by atoms with E-state index in [-0.39, 0.29) is 18.2 Å². The number of nitrogens with zero attached hydrogens (tertiary/aromatic N) is 1. The third kappa shape index (κ3) is 4.58. The summed E-state index contributed by atoms with van der Waals surface area (Å²) in [6.45, 7) is 8.55. The number of rotatable bonds is 5. The van der Waals surface area contributed by atoms with Gasteiger partial charge in [0, 0.05) is 19.1 Å². The van der Waals surface area contributed by atoms with E-state index >= 15 is 0 Å². The summed E-state index contributed by atoms with van der Waals surface area (Å²) in [7, 11) is 0. The van der Waals surface area contributed by atoms with Gasteiger partial charge in [0.2, 0.25) is 0 Å². The first-order chi connectivity index (χ1) is 8.04. The molecule has 1 heterocycles. The Balaban J connectivity index is 2.41. The van der Waals surface area contributed by atoms with Crippen LogP contribution in [-0.4, -0.2) is 42.5 Å². The normalized spacial score (nSPS) is 32.8. The summed E-state index contributed by atoms with van der Waals surface area (Å²) >= 11 is 0. The molecule has 0 aromatic carbocycles. The smallest absolute Gasteiger partial charge is 0.180 e. The zero-order valence-corrected chi connectivity index (χ0v) is 10.7. The van der Waals surface area contributed by atoms with Gasteiger partial charge in [0.05, 0.1) is 12.2 Å². The van der Waals surface area contributed by atoms with Crippen molar-refractivity contribution in [2.24, 2.45) is 5.73 Å². The minimum atomic E-state index is -1.04. The summed E-state index contributed by atoms with van der Waals surface area (Å²) in [6, 6.07) is -0.0264. The van der Waals surface area contributed by atoms with Crippen LogP contribution in [0.15, 0.2) is 24.8 Å². The summed E-state index contributed by atoms with van der Waals surface area (Å²) in [6.07, 6.45) is 5.02. The number of ether oxygens (including phenoxy) is 1.